The number of ether oxygens (including phenoxy) is 1. The van der Waals surface area contributed by atoms with E-state index in [9.17, 15) is 9.59 Å². The number of aryl methyl sites for hydroxylation is 1. The van der Waals surface area contributed by atoms with E-state index in [1.165, 1.54) is 0 Å². The lowest BCUT2D eigenvalue weighted by molar-refractivity contribution is -0.136. The van der Waals surface area contributed by atoms with Crippen LogP contribution in [-0.4, -0.2) is 23.5 Å². The fraction of sp³-hybridized carbons (Fsp3) is 0.467. The van der Waals surface area contributed by atoms with E-state index in [0.717, 1.165) is 24.2 Å². The molecule has 0 atom stereocenters. The van der Waals surface area contributed by atoms with E-state index in [1.807, 2.05) is 13.8 Å². The van der Waals surface area contributed by atoms with Crippen molar-refractivity contribution in [2.24, 2.45) is 0 Å². The molecule has 4 heteroatoms. The molecular weight excluding hydrogens is 244 g/mol. The Kier molecular flexibility index (Phi) is 6.06. The molecule has 0 heterocycles. The van der Waals surface area contributed by atoms with Gasteiger partial charge in [-0.25, -0.2) is 0 Å². The molecule has 1 aromatic carbocycles. The molecule has 0 unspecified atom stereocenters. The first kappa shape index (κ1) is 15.2. The van der Waals surface area contributed by atoms with E-state index in [-0.39, 0.29) is 18.6 Å². The minimum atomic E-state index is -0.952. The van der Waals surface area contributed by atoms with Crippen LogP contribution in [0.4, 0.5) is 0 Å². The molecule has 104 valence electrons. The zero-order chi connectivity index (χ0) is 14.3. The molecule has 0 spiro atoms. The molecule has 0 radical (unpaired) electrons. The average molecular weight is 264 g/mol. The minimum Gasteiger partial charge on any atom is -0.493 e. The number of hydrogen-bond acceptors (Lipinski definition) is 3. The summed E-state index contributed by atoms with van der Waals surface area (Å²) in [7, 11) is 0. The molecule has 0 bridgehead atoms. The fourth-order valence-electron chi connectivity index (χ4n) is 1.75. The van der Waals surface area contributed by atoms with Crippen molar-refractivity contribution >= 4 is 11.8 Å². The highest BCUT2D eigenvalue weighted by molar-refractivity contribution is 5.97. The van der Waals surface area contributed by atoms with E-state index in [2.05, 4.69) is 0 Å². The standard InChI is InChI=1S/C15H20O4/c1-3-9-19-14-7-5-12(10-11(14)4-2)13(16)6-8-15(17)18/h5,7,10H,3-4,6,8-9H2,1-2H3,(H,17,18). The number of carboxylic acids is 1. The van der Waals surface area contributed by atoms with Gasteiger partial charge in [0.05, 0.1) is 13.0 Å². The summed E-state index contributed by atoms with van der Waals surface area (Å²) in [6, 6.07) is 5.30. The normalized spacial score (nSPS) is 10.2. The summed E-state index contributed by atoms with van der Waals surface area (Å²) >= 11 is 0. The summed E-state index contributed by atoms with van der Waals surface area (Å²) in [5.41, 5.74) is 1.54. The average Bonchev–Trinajstić information content (AvgIpc) is 2.42. The molecule has 1 N–H and O–H groups in total. The SMILES string of the molecule is CCCOc1ccc(C(=O)CCC(=O)O)cc1CC. The number of Topliss-reactive ketones (excluding diaryl/α,β-unsaturated/α-hetero) is 1. The van der Waals surface area contributed by atoms with Gasteiger partial charge in [0.2, 0.25) is 0 Å². The van der Waals surface area contributed by atoms with Crippen LogP contribution in [-0.2, 0) is 11.2 Å². The maximum absolute atomic E-state index is 11.8. The molecule has 19 heavy (non-hydrogen) atoms. The Labute approximate surface area is 113 Å². The molecule has 0 aliphatic rings. The maximum atomic E-state index is 11.8. The summed E-state index contributed by atoms with van der Waals surface area (Å²) in [6.07, 6.45) is 1.61. The molecule has 1 aromatic rings. The number of aliphatic carboxylic acids is 1. The maximum Gasteiger partial charge on any atom is 0.303 e. The van der Waals surface area contributed by atoms with Gasteiger partial charge in [-0.1, -0.05) is 13.8 Å². The first-order chi connectivity index (χ1) is 9.08. The van der Waals surface area contributed by atoms with Crippen molar-refractivity contribution in [3.05, 3.63) is 29.3 Å². The van der Waals surface area contributed by atoms with Crippen molar-refractivity contribution in [3.63, 3.8) is 0 Å². The van der Waals surface area contributed by atoms with Crippen LogP contribution in [0.15, 0.2) is 18.2 Å². The van der Waals surface area contributed by atoms with Gasteiger partial charge in [-0.3, -0.25) is 9.59 Å². The summed E-state index contributed by atoms with van der Waals surface area (Å²) in [5.74, 6) is -0.287. The Hall–Kier alpha value is -1.84. The van der Waals surface area contributed by atoms with Gasteiger partial charge in [-0.05, 0) is 36.6 Å². The molecule has 0 aromatic heterocycles. The zero-order valence-electron chi connectivity index (χ0n) is 11.4. The fourth-order valence-corrected chi connectivity index (χ4v) is 1.75. The smallest absolute Gasteiger partial charge is 0.303 e. The topological polar surface area (TPSA) is 63.6 Å². The number of hydrogen-bond donors (Lipinski definition) is 1. The molecule has 0 saturated carbocycles. The zero-order valence-corrected chi connectivity index (χ0v) is 11.4. The van der Waals surface area contributed by atoms with Gasteiger partial charge < -0.3 is 9.84 Å². The van der Waals surface area contributed by atoms with Gasteiger partial charge in [0.15, 0.2) is 5.78 Å². The predicted molar refractivity (Wildman–Crippen MR) is 72.8 cm³/mol. The second kappa shape index (κ2) is 7.56. The van der Waals surface area contributed by atoms with Crippen LogP contribution in [0.3, 0.4) is 0 Å². The van der Waals surface area contributed by atoms with Crippen molar-refractivity contribution in [1.29, 1.82) is 0 Å². The van der Waals surface area contributed by atoms with Gasteiger partial charge in [0, 0.05) is 12.0 Å². The molecule has 0 amide bonds. The molecule has 4 nitrogen and oxygen atoms in total. The van der Waals surface area contributed by atoms with E-state index >= 15 is 0 Å². The summed E-state index contributed by atoms with van der Waals surface area (Å²) in [4.78, 5) is 22.3. The molecular formula is C15H20O4. The lowest BCUT2D eigenvalue weighted by atomic mass is 10.0. The Morgan fingerprint density at radius 2 is 1.95 bits per heavy atom. The quantitative estimate of drug-likeness (QED) is 0.733. The summed E-state index contributed by atoms with van der Waals surface area (Å²) < 4.78 is 5.60. The van der Waals surface area contributed by atoms with E-state index in [0.29, 0.717) is 12.2 Å². The summed E-state index contributed by atoms with van der Waals surface area (Å²) in [5, 5.41) is 8.58. The number of carbonyl (C=O) groups is 2. The molecule has 0 aliphatic heterocycles. The van der Waals surface area contributed by atoms with Crippen molar-refractivity contribution in [2.45, 2.75) is 39.5 Å². The van der Waals surface area contributed by atoms with Gasteiger partial charge in [-0.15, -0.1) is 0 Å². The van der Waals surface area contributed by atoms with Crippen molar-refractivity contribution in [1.82, 2.24) is 0 Å². The van der Waals surface area contributed by atoms with Crippen molar-refractivity contribution in [3.8, 4) is 5.75 Å². The number of carbonyl (C=O) groups excluding carboxylic acids is 1. The van der Waals surface area contributed by atoms with Crippen LogP contribution < -0.4 is 4.74 Å². The number of rotatable bonds is 8. The summed E-state index contributed by atoms with van der Waals surface area (Å²) in [6.45, 7) is 4.69. The van der Waals surface area contributed by atoms with Crippen molar-refractivity contribution in [2.75, 3.05) is 6.61 Å². The largest absolute Gasteiger partial charge is 0.493 e. The van der Waals surface area contributed by atoms with Crippen LogP contribution in [0.5, 0.6) is 5.75 Å². The molecule has 0 aliphatic carbocycles. The van der Waals surface area contributed by atoms with Crippen LogP contribution in [0, 0.1) is 0 Å². The second-order valence-corrected chi connectivity index (χ2v) is 4.34. The first-order valence-corrected chi connectivity index (χ1v) is 6.59. The lowest BCUT2D eigenvalue weighted by Crippen LogP contribution is -2.05. The third-order valence-electron chi connectivity index (χ3n) is 2.79. The Bertz CT molecular complexity index is 451. The Morgan fingerprint density at radius 1 is 1.21 bits per heavy atom. The van der Waals surface area contributed by atoms with Crippen LogP contribution in [0.1, 0.15) is 49.0 Å². The minimum absolute atomic E-state index is 0.0354. The van der Waals surface area contributed by atoms with Gasteiger partial charge in [0.25, 0.3) is 0 Å². The Morgan fingerprint density at radius 3 is 2.53 bits per heavy atom. The van der Waals surface area contributed by atoms with Crippen LogP contribution in [0.25, 0.3) is 0 Å². The third kappa shape index (κ3) is 4.73. The first-order valence-electron chi connectivity index (χ1n) is 6.59. The van der Waals surface area contributed by atoms with Crippen molar-refractivity contribution < 1.29 is 19.4 Å². The van der Waals surface area contributed by atoms with Crippen LogP contribution in [0.2, 0.25) is 0 Å². The lowest BCUT2D eigenvalue weighted by Gasteiger charge is -2.11. The van der Waals surface area contributed by atoms with Crippen LogP contribution >= 0.6 is 0 Å². The van der Waals surface area contributed by atoms with Gasteiger partial charge in [0.1, 0.15) is 5.75 Å². The number of ketones is 1. The second-order valence-electron chi connectivity index (χ2n) is 4.34. The van der Waals surface area contributed by atoms with Gasteiger partial charge >= 0.3 is 5.97 Å². The Balaban J connectivity index is 2.80. The van der Waals surface area contributed by atoms with E-state index in [4.69, 9.17) is 9.84 Å². The highest BCUT2D eigenvalue weighted by Gasteiger charge is 2.11. The number of carboxylic acid groups (broad SMARTS) is 1. The highest BCUT2D eigenvalue weighted by atomic mass is 16.5. The van der Waals surface area contributed by atoms with Gasteiger partial charge in [-0.2, -0.15) is 0 Å². The monoisotopic (exact) mass is 264 g/mol. The van der Waals surface area contributed by atoms with E-state index < -0.39 is 5.97 Å². The molecule has 0 fully saturated rings. The highest BCUT2D eigenvalue weighted by Crippen LogP contribution is 2.22. The predicted octanol–water partition coefficient (Wildman–Crippen LogP) is 3.09. The third-order valence-corrected chi connectivity index (χ3v) is 2.79. The molecule has 0 saturated heterocycles. The number of benzene rings is 1. The molecule has 1 rings (SSSR count). The van der Waals surface area contributed by atoms with E-state index in [1.54, 1.807) is 18.2 Å².